The number of pyridine rings is 1. The summed E-state index contributed by atoms with van der Waals surface area (Å²) in [5.74, 6) is 1.05. The van der Waals surface area contributed by atoms with Crippen LogP contribution >= 0.6 is 0 Å². The molecular weight excluding hydrogens is 176 g/mol. The van der Waals surface area contributed by atoms with Gasteiger partial charge < -0.3 is 10.3 Å². The fourth-order valence-electron chi connectivity index (χ4n) is 1.96. The number of hydrogen-bond acceptors (Lipinski definition) is 3. The summed E-state index contributed by atoms with van der Waals surface area (Å²) in [4.78, 5) is 11.9. The van der Waals surface area contributed by atoms with E-state index in [1.807, 2.05) is 12.3 Å². The monoisotopic (exact) mass is 188 g/mol. The molecular formula is C10H12N4. The molecule has 0 aromatic carbocycles. The van der Waals surface area contributed by atoms with E-state index < -0.39 is 0 Å². The van der Waals surface area contributed by atoms with Gasteiger partial charge in [-0.3, -0.25) is 4.98 Å². The highest BCUT2D eigenvalue weighted by Gasteiger charge is 2.19. The van der Waals surface area contributed by atoms with Crippen LogP contribution in [0.25, 0.3) is 11.0 Å². The average Bonchev–Trinajstić information content (AvgIpc) is 2.86. The smallest absolute Gasteiger partial charge is 0.124 e. The molecule has 2 aromatic rings. The molecule has 0 aliphatic carbocycles. The highest BCUT2D eigenvalue weighted by molar-refractivity contribution is 5.73. The van der Waals surface area contributed by atoms with Crippen LogP contribution in [-0.4, -0.2) is 21.5 Å². The maximum atomic E-state index is 4.54. The van der Waals surface area contributed by atoms with Crippen LogP contribution in [-0.2, 0) is 0 Å². The largest absolute Gasteiger partial charge is 0.339 e. The van der Waals surface area contributed by atoms with Gasteiger partial charge >= 0.3 is 0 Å². The molecule has 1 fully saturated rings. The van der Waals surface area contributed by atoms with Crippen LogP contribution in [0, 0.1) is 0 Å². The minimum atomic E-state index is 0.405. The summed E-state index contributed by atoms with van der Waals surface area (Å²) in [6.07, 6.45) is 6.00. The summed E-state index contributed by atoms with van der Waals surface area (Å²) in [5.41, 5.74) is 2.03. The Balaban J connectivity index is 2.05. The molecule has 1 aliphatic heterocycles. The molecule has 0 bridgehead atoms. The molecule has 4 nitrogen and oxygen atoms in total. The summed E-state index contributed by atoms with van der Waals surface area (Å²) in [5, 5.41) is 3.42. The number of nitrogens with zero attached hydrogens (tertiary/aromatic N) is 2. The number of nitrogens with one attached hydrogen (secondary N) is 2. The first-order chi connectivity index (χ1) is 6.93. The van der Waals surface area contributed by atoms with Crippen molar-refractivity contribution in [2.24, 2.45) is 0 Å². The Bertz CT molecular complexity index is 409. The Kier molecular flexibility index (Phi) is 1.73. The molecule has 3 heterocycles. The zero-order valence-electron chi connectivity index (χ0n) is 7.83. The molecule has 4 heteroatoms. The molecule has 0 amide bonds. The highest BCUT2D eigenvalue weighted by atomic mass is 15.0. The summed E-state index contributed by atoms with van der Waals surface area (Å²) in [6, 6.07) is 2.34. The standard InChI is InChI=1S/C10H12N4/c1-2-8(12-4-1)10-13-7-3-5-11-6-9(7)14-10/h3,5-6,8,12H,1-2,4H2,(H,13,14)/t8-/m1/s1. The van der Waals surface area contributed by atoms with Crippen molar-refractivity contribution >= 4 is 11.0 Å². The molecule has 1 saturated heterocycles. The third-order valence-corrected chi connectivity index (χ3v) is 2.69. The van der Waals surface area contributed by atoms with E-state index in [-0.39, 0.29) is 0 Å². The number of H-pyrrole nitrogens is 1. The van der Waals surface area contributed by atoms with E-state index in [9.17, 15) is 0 Å². The van der Waals surface area contributed by atoms with Gasteiger partial charge in [0.05, 0.1) is 23.3 Å². The zero-order valence-corrected chi connectivity index (χ0v) is 7.83. The van der Waals surface area contributed by atoms with Crippen LogP contribution in [0.4, 0.5) is 0 Å². The summed E-state index contributed by atoms with van der Waals surface area (Å²) in [7, 11) is 0. The quantitative estimate of drug-likeness (QED) is 0.711. The Morgan fingerprint density at radius 1 is 1.43 bits per heavy atom. The van der Waals surface area contributed by atoms with Gasteiger partial charge in [-0.1, -0.05) is 0 Å². The van der Waals surface area contributed by atoms with Crippen LogP contribution in [0.2, 0.25) is 0 Å². The number of hydrogen-bond donors (Lipinski definition) is 2. The zero-order chi connectivity index (χ0) is 9.38. The van der Waals surface area contributed by atoms with Crippen LogP contribution in [0.3, 0.4) is 0 Å². The number of fused-ring (bicyclic) bond motifs is 1. The lowest BCUT2D eigenvalue weighted by Crippen LogP contribution is -2.13. The number of aromatic nitrogens is 3. The van der Waals surface area contributed by atoms with Crippen LogP contribution in [0.15, 0.2) is 18.5 Å². The second-order valence-corrected chi connectivity index (χ2v) is 3.66. The predicted octanol–water partition coefficient (Wildman–Crippen LogP) is 1.38. The molecule has 0 radical (unpaired) electrons. The molecule has 0 unspecified atom stereocenters. The van der Waals surface area contributed by atoms with Crippen molar-refractivity contribution in [3.63, 3.8) is 0 Å². The third-order valence-electron chi connectivity index (χ3n) is 2.69. The predicted molar refractivity (Wildman–Crippen MR) is 53.9 cm³/mol. The van der Waals surface area contributed by atoms with E-state index in [0.29, 0.717) is 6.04 Å². The van der Waals surface area contributed by atoms with Gasteiger partial charge in [0, 0.05) is 6.20 Å². The third kappa shape index (κ3) is 1.19. The Hall–Kier alpha value is -1.42. The van der Waals surface area contributed by atoms with Crippen molar-refractivity contribution in [2.75, 3.05) is 6.54 Å². The van der Waals surface area contributed by atoms with E-state index in [0.717, 1.165) is 23.4 Å². The molecule has 0 spiro atoms. The average molecular weight is 188 g/mol. The van der Waals surface area contributed by atoms with E-state index in [4.69, 9.17) is 0 Å². The summed E-state index contributed by atoms with van der Waals surface area (Å²) >= 11 is 0. The van der Waals surface area contributed by atoms with Gasteiger partial charge in [-0.2, -0.15) is 0 Å². The summed E-state index contributed by atoms with van der Waals surface area (Å²) < 4.78 is 0. The van der Waals surface area contributed by atoms with Crippen molar-refractivity contribution in [2.45, 2.75) is 18.9 Å². The van der Waals surface area contributed by atoms with Gasteiger partial charge in [-0.15, -0.1) is 0 Å². The van der Waals surface area contributed by atoms with Crippen molar-refractivity contribution in [3.8, 4) is 0 Å². The van der Waals surface area contributed by atoms with Gasteiger partial charge in [0.2, 0.25) is 0 Å². The molecule has 14 heavy (non-hydrogen) atoms. The maximum absolute atomic E-state index is 4.54. The van der Waals surface area contributed by atoms with E-state index >= 15 is 0 Å². The number of rotatable bonds is 1. The molecule has 1 atom stereocenters. The summed E-state index contributed by atoms with van der Waals surface area (Å²) in [6.45, 7) is 1.10. The van der Waals surface area contributed by atoms with Crippen LogP contribution in [0.5, 0.6) is 0 Å². The molecule has 1 aliphatic rings. The molecule has 2 N–H and O–H groups in total. The second-order valence-electron chi connectivity index (χ2n) is 3.66. The lowest BCUT2D eigenvalue weighted by molar-refractivity contribution is 0.614. The van der Waals surface area contributed by atoms with Crippen LogP contribution in [0.1, 0.15) is 24.7 Å². The Morgan fingerprint density at radius 3 is 3.21 bits per heavy atom. The van der Waals surface area contributed by atoms with Gasteiger partial charge in [0.1, 0.15) is 5.82 Å². The van der Waals surface area contributed by atoms with E-state index in [2.05, 4.69) is 20.3 Å². The first-order valence-corrected chi connectivity index (χ1v) is 4.96. The maximum Gasteiger partial charge on any atom is 0.124 e. The molecule has 3 rings (SSSR count). The van der Waals surface area contributed by atoms with Crippen molar-refractivity contribution in [1.82, 2.24) is 20.3 Å². The normalized spacial score (nSPS) is 21.9. The Morgan fingerprint density at radius 2 is 2.43 bits per heavy atom. The van der Waals surface area contributed by atoms with Gasteiger partial charge in [0.25, 0.3) is 0 Å². The molecule has 72 valence electrons. The van der Waals surface area contributed by atoms with Gasteiger partial charge in [0.15, 0.2) is 0 Å². The lowest BCUT2D eigenvalue weighted by Gasteiger charge is -2.04. The van der Waals surface area contributed by atoms with E-state index in [1.54, 1.807) is 6.20 Å². The van der Waals surface area contributed by atoms with Gasteiger partial charge in [-0.05, 0) is 25.5 Å². The van der Waals surface area contributed by atoms with Crippen molar-refractivity contribution in [3.05, 3.63) is 24.3 Å². The van der Waals surface area contributed by atoms with Gasteiger partial charge in [-0.25, -0.2) is 4.98 Å². The highest BCUT2D eigenvalue weighted by Crippen LogP contribution is 2.22. The number of aromatic amines is 1. The second kappa shape index (κ2) is 3.06. The number of imidazole rings is 1. The fraction of sp³-hybridized carbons (Fsp3) is 0.400. The molecule has 0 saturated carbocycles. The minimum absolute atomic E-state index is 0.405. The first-order valence-electron chi connectivity index (χ1n) is 4.96. The fourth-order valence-corrected chi connectivity index (χ4v) is 1.96. The Labute approximate surface area is 81.8 Å². The van der Waals surface area contributed by atoms with E-state index in [1.165, 1.54) is 12.8 Å². The minimum Gasteiger partial charge on any atom is -0.339 e. The topological polar surface area (TPSA) is 53.6 Å². The van der Waals surface area contributed by atoms with Crippen molar-refractivity contribution < 1.29 is 0 Å². The lowest BCUT2D eigenvalue weighted by atomic mass is 10.2. The molecule has 2 aromatic heterocycles. The van der Waals surface area contributed by atoms with Crippen molar-refractivity contribution in [1.29, 1.82) is 0 Å². The SMILES string of the molecule is c1cc2nc([C@H]3CCCN3)[nH]c2cn1. The first kappa shape index (κ1) is 7.94. The van der Waals surface area contributed by atoms with Crippen LogP contribution < -0.4 is 5.32 Å².